The van der Waals surface area contributed by atoms with Crippen molar-refractivity contribution in [3.05, 3.63) is 35.8 Å². The topological polar surface area (TPSA) is 70.9 Å². The highest BCUT2D eigenvalue weighted by Crippen LogP contribution is 2.27. The van der Waals surface area contributed by atoms with Gasteiger partial charge in [0.15, 0.2) is 5.82 Å². The van der Waals surface area contributed by atoms with Gasteiger partial charge in [0.25, 0.3) is 0 Å². The summed E-state index contributed by atoms with van der Waals surface area (Å²) < 4.78 is 0. The normalized spacial score (nSPS) is 16.8. The highest BCUT2D eigenvalue weighted by Gasteiger charge is 2.22. The quantitative estimate of drug-likeness (QED) is 0.880. The van der Waals surface area contributed by atoms with Gasteiger partial charge in [-0.15, -0.1) is 0 Å². The molecule has 1 unspecified atom stereocenters. The van der Waals surface area contributed by atoms with E-state index in [0.717, 1.165) is 35.5 Å². The number of hydrogen-bond donors (Lipinski definition) is 2. The molecule has 0 aromatic carbocycles. The average Bonchev–Trinajstić information content (AvgIpc) is 2.64. The van der Waals surface area contributed by atoms with Crippen molar-refractivity contribution >= 4 is 5.82 Å². The molecule has 0 spiro atoms. The molecule has 0 radical (unpaired) electrons. The lowest BCUT2D eigenvalue weighted by molar-refractivity contribution is 0.0955. The molecule has 1 atom stereocenters. The van der Waals surface area contributed by atoms with E-state index in [1.807, 2.05) is 26.0 Å². The van der Waals surface area contributed by atoms with Gasteiger partial charge < -0.3 is 10.4 Å². The number of pyridine rings is 1. The van der Waals surface area contributed by atoms with Crippen molar-refractivity contribution in [3.63, 3.8) is 0 Å². The van der Waals surface area contributed by atoms with Crippen LogP contribution in [0.3, 0.4) is 0 Å². The van der Waals surface area contributed by atoms with Gasteiger partial charge in [-0.25, -0.2) is 9.97 Å². The Hall–Kier alpha value is -2.01. The van der Waals surface area contributed by atoms with Gasteiger partial charge in [-0.3, -0.25) is 4.98 Å². The van der Waals surface area contributed by atoms with Crippen LogP contribution in [-0.2, 0) is 0 Å². The first-order valence-corrected chi connectivity index (χ1v) is 8.82. The minimum Gasteiger partial charge on any atom is -0.391 e. The van der Waals surface area contributed by atoms with Crippen LogP contribution in [0.2, 0.25) is 0 Å². The van der Waals surface area contributed by atoms with Gasteiger partial charge in [-0.1, -0.05) is 19.3 Å². The van der Waals surface area contributed by atoms with Crippen molar-refractivity contribution in [1.29, 1.82) is 0 Å². The minimum atomic E-state index is -0.315. The third kappa shape index (κ3) is 3.90. The predicted octanol–water partition coefficient (Wildman–Crippen LogP) is 3.51. The Morgan fingerprint density at radius 2 is 1.83 bits per heavy atom. The number of nitrogens with one attached hydrogen (secondary N) is 1. The molecule has 1 aliphatic rings. The van der Waals surface area contributed by atoms with Crippen molar-refractivity contribution in [2.45, 2.75) is 52.1 Å². The summed E-state index contributed by atoms with van der Waals surface area (Å²) in [6.45, 7) is 4.54. The average molecular weight is 326 g/mol. The molecule has 128 valence electrons. The second-order valence-corrected chi connectivity index (χ2v) is 6.69. The molecule has 0 saturated heterocycles. The van der Waals surface area contributed by atoms with Crippen LogP contribution in [0.4, 0.5) is 5.82 Å². The van der Waals surface area contributed by atoms with Crippen molar-refractivity contribution in [2.75, 3.05) is 11.9 Å². The second kappa shape index (κ2) is 7.71. The second-order valence-electron chi connectivity index (χ2n) is 6.69. The van der Waals surface area contributed by atoms with Crippen LogP contribution in [0, 0.1) is 19.8 Å². The highest BCUT2D eigenvalue weighted by atomic mass is 16.3. The number of rotatable bonds is 5. The molecular formula is C19H26N4O. The molecule has 2 aromatic heterocycles. The monoisotopic (exact) mass is 326 g/mol. The predicted molar refractivity (Wildman–Crippen MR) is 95.8 cm³/mol. The van der Waals surface area contributed by atoms with Crippen molar-refractivity contribution in [1.82, 2.24) is 15.0 Å². The first-order chi connectivity index (χ1) is 11.6. The summed E-state index contributed by atoms with van der Waals surface area (Å²) in [4.78, 5) is 13.3. The maximum Gasteiger partial charge on any atom is 0.161 e. The van der Waals surface area contributed by atoms with E-state index in [-0.39, 0.29) is 6.10 Å². The molecule has 2 N–H and O–H groups in total. The lowest BCUT2D eigenvalue weighted by Gasteiger charge is -2.27. The third-order valence-electron chi connectivity index (χ3n) is 5.00. The SMILES string of the molecule is Cc1nc(-c2ccncc2)nc(NCC(O)C2CCCCC2)c1C. The molecule has 1 fully saturated rings. The van der Waals surface area contributed by atoms with E-state index in [9.17, 15) is 5.11 Å². The van der Waals surface area contributed by atoms with Crippen molar-refractivity contribution in [3.8, 4) is 11.4 Å². The fourth-order valence-electron chi connectivity index (χ4n) is 3.32. The zero-order chi connectivity index (χ0) is 16.9. The van der Waals surface area contributed by atoms with Crippen LogP contribution in [0.5, 0.6) is 0 Å². The highest BCUT2D eigenvalue weighted by molar-refractivity contribution is 5.59. The van der Waals surface area contributed by atoms with E-state index in [2.05, 4.69) is 20.3 Å². The number of hydrogen-bond acceptors (Lipinski definition) is 5. The first-order valence-electron chi connectivity index (χ1n) is 8.82. The van der Waals surface area contributed by atoms with E-state index >= 15 is 0 Å². The Kier molecular flexibility index (Phi) is 5.41. The Morgan fingerprint density at radius 1 is 1.12 bits per heavy atom. The number of anilines is 1. The fraction of sp³-hybridized carbons (Fsp3) is 0.526. The summed E-state index contributed by atoms with van der Waals surface area (Å²) in [6.07, 6.45) is 9.21. The Labute approximate surface area is 143 Å². The molecule has 0 bridgehead atoms. The van der Waals surface area contributed by atoms with E-state index in [0.29, 0.717) is 18.3 Å². The smallest absolute Gasteiger partial charge is 0.161 e. The molecule has 5 nitrogen and oxygen atoms in total. The van der Waals surface area contributed by atoms with E-state index < -0.39 is 0 Å². The summed E-state index contributed by atoms with van der Waals surface area (Å²) in [5.74, 6) is 1.91. The van der Waals surface area contributed by atoms with Crippen molar-refractivity contribution in [2.24, 2.45) is 5.92 Å². The zero-order valence-electron chi connectivity index (χ0n) is 14.5. The molecule has 2 heterocycles. The van der Waals surface area contributed by atoms with Gasteiger partial charge in [0, 0.05) is 35.8 Å². The minimum absolute atomic E-state index is 0.315. The number of aromatic nitrogens is 3. The molecule has 5 heteroatoms. The molecule has 1 aliphatic carbocycles. The summed E-state index contributed by atoms with van der Waals surface area (Å²) in [5, 5.41) is 13.8. The Balaban J connectivity index is 1.74. The Morgan fingerprint density at radius 3 is 2.54 bits per heavy atom. The van der Waals surface area contributed by atoms with Crippen LogP contribution < -0.4 is 5.32 Å². The lowest BCUT2D eigenvalue weighted by Crippen LogP contribution is -2.30. The molecule has 1 saturated carbocycles. The maximum absolute atomic E-state index is 10.5. The van der Waals surface area contributed by atoms with Crippen LogP contribution in [0.25, 0.3) is 11.4 Å². The van der Waals surface area contributed by atoms with E-state index in [1.54, 1.807) is 12.4 Å². The van der Waals surface area contributed by atoms with E-state index in [1.165, 1.54) is 19.3 Å². The van der Waals surface area contributed by atoms with E-state index in [4.69, 9.17) is 0 Å². The number of aliphatic hydroxyl groups excluding tert-OH is 1. The Bertz CT molecular complexity index is 669. The summed E-state index contributed by atoms with van der Waals surface area (Å²) in [5.41, 5.74) is 2.93. The van der Waals surface area contributed by atoms with Crippen LogP contribution in [-0.4, -0.2) is 32.7 Å². The lowest BCUT2D eigenvalue weighted by atomic mass is 9.85. The maximum atomic E-state index is 10.5. The standard InChI is InChI=1S/C19H26N4O/c1-13-14(2)22-19(16-8-10-20-11-9-16)23-18(13)21-12-17(24)15-6-4-3-5-7-15/h8-11,15,17,24H,3-7,12H2,1-2H3,(H,21,22,23). The first kappa shape index (κ1) is 16.8. The van der Waals surface area contributed by atoms with Gasteiger partial charge in [0.05, 0.1) is 6.10 Å². The molecule has 3 rings (SSSR count). The molecule has 0 aliphatic heterocycles. The third-order valence-corrected chi connectivity index (χ3v) is 5.00. The fourth-order valence-corrected chi connectivity index (χ4v) is 3.32. The molecule has 0 amide bonds. The molecule has 24 heavy (non-hydrogen) atoms. The largest absolute Gasteiger partial charge is 0.391 e. The zero-order valence-corrected chi connectivity index (χ0v) is 14.5. The van der Waals surface area contributed by atoms with Crippen molar-refractivity contribution < 1.29 is 5.11 Å². The van der Waals surface area contributed by atoms with Crippen LogP contribution >= 0.6 is 0 Å². The van der Waals surface area contributed by atoms with Crippen LogP contribution in [0.15, 0.2) is 24.5 Å². The van der Waals surface area contributed by atoms with Crippen LogP contribution in [0.1, 0.15) is 43.4 Å². The molecular weight excluding hydrogens is 300 g/mol. The molecule has 2 aromatic rings. The summed E-state index contributed by atoms with van der Waals surface area (Å²) in [7, 11) is 0. The van der Waals surface area contributed by atoms with Gasteiger partial charge in [0.1, 0.15) is 5.82 Å². The summed E-state index contributed by atoms with van der Waals surface area (Å²) in [6, 6.07) is 3.82. The van der Waals surface area contributed by atoms with Gasteiger partial charge >= 0.3 is 0 Å². The number of nitrogens with zero attached hydrogens (tertiary/aromatic N) is 3. The number of aliphatic hydroxyl groups is 1. The van der Waals surface area contributed by atoms with Gasteiger partial charge in [0.2, 0.25) is 0 Å². The number of aryl methyl sites for hydroxylation is 1. The van der Waals surface area contributed by atoms with Gasteiger partial charge in [-0.05, 0) is 44.7 Å². The van der Waals surface area contributed by atoms with Gasteiger partial charge in [-0.2, -0.15) is 0 Å². The summed E-state index contributed by atoms with van der Waals surface area (Å²) >= 11 is 0.